The lowest BCUT2D eigenvalue weighted by molar-refractivity contribution is 0.103. The molecule has 0 atom stereocenters. The number of anilines is 1. The van der Waals surface area contributed by atoms with E-state index in [9.17, 15) is 4.79 Å². The first-order valence-corrected chi connectivity index (χ1v) is 5.95. The normalized spacial score (nSPS) is 10.2. The highest BCUT2D eigenvalue weighted by Crippen LogP contribution is 2.18. The van der Waals surface area contributed by atoms with Crippen molar-refractivity contribution >= 4 is 22.9 Å². The van der Waals surface area contributed by atoms with Crippen LogP contribution in [0.4, 0.5) is 5.69 Å². The van der Waals surface area contributed by atoms with Gasteiger partial charge in [0, 0.05) is 11.3 Å². The molecule has 88 valence electrons. The number of rotatable bonds is 3. The number of hydrogen-bond donors (Lipinski definition) is 2. The molecule has 0 fully saturated rings. The zero-order chi connectivity index (χ0) is 12.3. The molecular weight excluding hydrogens is 236 g/mol. The van der Waals surface area contributed by atoms with Crippen LogP contribution >= 0.6 is 11.3 Å². The highest BCUT2D eigenvalue weighted by Gasteiger charge is 2.10. The Hall–Kier alpha value is -1.72. The number of benzene rings is 1. The van der Waals surface area contributed by atoms with Gasteiger partial charge in [-0.1, -0.05) is 18.2 Å². The lowest BCUT2D eigenvalue weighted by Crippen LogP contribution is -2.11. The maximum absolute atomic E-state index is 11.9. The van der Waals surface area contributed by atoms with E-state index in [1.54, 1.807) is 18.3 Å². The molecule has 4 nitrogen and oxygen atoms in total. The average Bonchev–Trinajstić information content (AvgIpc) is 2.77. The molecule has 0 radical (unpaired) electrons. The minimum atomic E-state index is -0.198. The van der Waals surface area contributed by atoms with Crippen LogP contribution in [0.25, 0.3) is 0 Å². The van der Waals surface area contributed by atoms with Crippen LogP contribution < -0.4 is 5.32 Å². The van der Waals surface area contributed by atoms with Gasteiger partial charge in [-0.05, 0) is 13.0 Å². The molecule has 0 unspecified atom stereocenters. The molecule has 0 saturated carbocycles. The predicted octanol–water partition coefficient (Wildman–Crippen LogP) is 2.20. The monoisotopic (exact) mass is 248 g/mol. The zero-order valence-corrected chi connectivity index (χ0v) is 10.1. The quantitative estimate of drug-likeness (QED) is 0.875. The van der Waals surface area contributed by atoms with Gasteiger partial charge in [0.25, 0.3) is 5.91 Å². The minimum absolute atomic E-state index is 0.0990. The van der Waals surface area contributed by atoms with Gasteiger partial charge in [-0.25, -0.2) is 4.98 Å². The van der Waals surface area contributed by atoms with Gasteiger partial charge in [0.2, 0.25) is 0 Å². The second-order valence-corrected chi connectivity index (χ2v) is 4.75. The van der Waals surface area contributed by atoms with Crippen molar-refractivity contribution in [3.05, 3.63) is 45.9 Å². The van der Waals surface area contributed by atoms with Crippen LogP contribution in [-0.4, -0.2) is 16.0 Å². The van der Waals surface area contributed by atoms with E-state index in [0.29, 0.717) is 16.1 Å². The summed E-state index contributed by atoms with van der Waals surface area (Å²) in [6, 6.07) is 7.16. The van der Waals surface area contributed by atoms with Crippen molar-refractivity contribution in [2.24, 2.45) is 0 Å². The third kappa shape index (κ3) is 2.69. The lowest BCUT2D eigenvalue weighted by atomic mass is 10.2. The van der Waals surface area contributed by atoms with Crippen LogP contribution in [0.3, 0.4) is 0 Å². The first-order chi connectivity index (χ1) is 8.20. The number of nitrogens with one attached hydrogen (secondary N) is 1. The van der Waals surface area contributed by atoms with Crippen molar-refractivity contribution in [3.8, 4) is 0 Å². The summed E-state index contributed by atoms with van der Waals surface area (Å²) in [6.45, 7) is 1.75. The molecule has 0 aliphatic rings. The van der Waals surface area contributed by atoms with Crippen LogP contribution in [0.1, 0.15) is 20.2 Å². The molecule has 1 aromatic heterocycles. The molecule has 0 saturated heterocycles. The third-order valence-electron chi connectivity index (χ3n) is 2.28. The number of para-hydroxylation sites is 1. The van der Waals surface area contributed by atoms with Crippen LogP contribution in [0.5, 0.6) is 0 Å². The highest BCUT2D eigenvalue weighted by atomic mass is 32.1. The van der Waals surface area contributed by atoms with Crippen LogP contribution in [0.15, 0.2) is 30.5 Å². The van der Waals surface area contributed by atoms with Gasteiger partial charge < -0.3 is 10.4 Å². The number of hydrogen-bond acceptors (Lipinski definition) is 4. The molecule has 0 aliphatic carbocycles. The van der Waals surface area contributed by atoms with E-state index in [-0.39, 0.29) is 12.5 Å². The van der Waals surface area contributed by atoms with Crippen molar-refractivity contribution < 1.29 is 9.90 Å². The van der Waals surface area contributed by atoms with Crippen LogP contribution in [-0.2, 0) is 6.61 Å². The van der Waals surface area contributed by atoms with Crippen molar-refractivity contribution in [3.63, 3.8) is 0 Å². The Morgan fingerprint density at radius 2 is 2.24 bits per heavy atom. The highest BCUT2D eigenvalue weighted by molar-refractivity contribution is 7.13. The summed E-state index contributed by atoms with van der Waals surface area (Å²) in [5, 5.41) is 12.8. The van der Waals surface area contributed by atoms with Gasteiger partial charge in [0.15, 0.2) is 0 Å². The number of carbonyl (C=O) groups excluding carboxylic acids is 1. The molecule has 1 amide bonds. The standard InChI is InChI=1S/C12H12N2O2S/c1-8-13-6-11(17-8)12(16)14-10-5-3-2-4-9(10)7-15/h2-6,15H,7H2,1H3,(H,14,16). The van der Waals surface area contributed by atoms with E-state index in [1.807, 2.05) is 19.1 Å². The first kappa shape index (κ1) is 11.8. The van der Waals surface area contributed by atoms with E-state index in [4.69, 9.17) is 5.11 Å². The number of aliphatic hydroxyl groups is 1. The summed E-state index contributed by atoms with van der Waals surface area (Å²) in [5.41, 5.74) is 1.33. The lowest BCUT2D eigenvalue weighted by Gasteiger charge is -2.07. The number of amides is 1. The second kappa shape index (κ2) is 5.07. The molecule has 17 heavy (non-hydrogen) atoms. The Morgan fingerprint density at radius 3 is 2.88 bits per heavy atom. The van der Waals surface area contributed by atoms with Gasteiger partial charge in [-0.2, -0.15) is 0 Å². The summed E-state index contributed by atoms with van der Waals surface area (Å²) in [7, 11) is 0. The van der Waals surface area contributed by atoms with Crippen LogP contribution in [0, 0.1) is 6.92 Å². The fraction of sp³-hybridized carbons (Fsp3) is 0.167. The Labute approximate surface area is 103 Å². The van der Waals surface area contributed by atoms with E-state index >= 15 is 0 Å². The maximum atomic E-state index is 11.9. The number of aromatic nitrogens is 1. The first-order valence-electron chi connectivity index (χ1n) is 5.13. The van der Waals surface area contributed by atoms with Gasteiger partial charge in [0.05, 0.1) is 17.8 Å². The van der Waals surface area contributed by atoms with Gasteiger partial charge in [-0.3, -0.25) is 4.79 Å². The molecule has 1 aromatic carbocycles. The van der Waals surface area contributed by atoms with E-state index in [1.165, 1.54) is 11.3 Å². The van der Waals surface area contributed by atoms with E-state index < -0.39 is 0 Å². The second-order valence-electron chi connectivity index (χ2n) is 3.51. The fourth-order valence-corrected chi connectivity index (χ4v) is 2.10. The molecule has 2 rings (SSSR count). The Kier molecular flexibility index (Phi) is 3.51. The average molecular weight is 248 g/mol. The topological polar surface area (TPSA) is 62.2 Å². The molecular formula is C12H12N2O2S. The van der Waals surface area contributed by atoms with Crippen molar-refractivity contribution in [1.82, 2.24) is 4.98 Å². The largest absolute Gasteiger partial charge is 0.392 e. The SMILES string of the molecule is Cc1ncc(C(=O)Nc2ccccc2CO)s1. The Morgan fingerprint density at radius 1 is 1.47 bits per heavy atom. The number of aryl methyl sites for hydroxylation is 1. The Balaban J connectivity index is 2.18. The Bertz CT molecular complexity index is 537. The minimum Gasteiger partial charge on any atom is -0.392 e. The van der Waals surface area contributed by atoms with Gasteiger partial charge in [-0.15, -0.1) is 11.3 Å². The van der Waals surface area contributed by atoms with Crippen molar-refractivity contribution in [1.29, 1.82) is 0 Å². The van der Waals surface area contributed by atoms with Crippen molar-refractivity contribution in [2.75, 3.05) is 5.32 Å². The summed E-state index contributed by atoms with van der Waals surface area (Å²) in [6.07, 6.45) is 1.55. The van der Waals surface area contributed by atoms with Crippen LogP contribution in [0.2, 0.25) is 0 Å². The molecule has 0 aliphatic heterocycles. The molecule has 2 N–H and O–H groups in total. The summed E-state index contributed by atoms with van der Waals surface area (Å²) >= 11 is 1.34. The van der Waals surface area contributed by atoms with E-state index in [0.717, 1.165) is 5.01 Å². The summed E-state index contributed by atoms with van der Waals surface area (Å²) in [4.78, 5) is 16.5. The van der Waals surface area contributed by atoms with Gasteiger partial charge >= 0.3 is 0 Å². The van der Waals surface area contributed by atoms with Crippen molar-refractivity contribution in [2.45, 2.75) is 13.5 Å². The fourth-order valence-electron chi connectivity index (χ4n) is 1.43. The number of carbonyl (C=O) groups is 1. The van der Waals surface area contributed by atoms with Gasteiger partial charge in [0.1, 0.15) is 4.88 Å². The summed E-state index contributed by atoms with van der Waals surface area (Å²) < 4.78 is 0. The third-order valence-corrected chi connectivity index (χ3v) is 3.19. The molecule has 0 spiro atoms. The maximum Gasteiger partial charge on any atom is 0.267 e. The zero-order valence-electron chi connectivity index (χ0n) is 9.30. The van der Waals surface area contributed by atoms with E-state index in [2.05, 4.69) is 10.3 Å². The molecule has 2 aromatic rings. The molecule has 1 heterocycles. The molecule has 5 heteroatoms. The smallest absolute Gasteiger partial charge is 0.267 e. The predicted molar refractivity (Wildman–Crippen MR) is 67.2 cm³/mol. The number of nitrogens with zero attached hydrogens (tertiary/aromatic N) is 1. The number of aliphatic hydroxyl groups excluding tert-OH is 1. The number of thiazole rings is 1. The molecule has 0 bridgehead atoms. The summed E-state index contributed by atoms with van der Waals surface area (Å²) in [5.74, 6) is -0.198.